The van der Waals surface area contributed by atoms with Crippen LogP contribution < -0.4 is 4.90 Å². The Morgan fingerprint density at radius 1 is 0.914 bits per heavy atom. The van der Waals surface area contributed by atoms with Crippen molar-refractivity contribution in [3.8, 4) is 0 Å². The number of amides is 1. The zero-order valence-corrected chi connectivity index (χ0v) is 19.8. The third-order valence-corrected chi connectivity index (χ3v) is 7.19. The molecule has 1 fully saturated rings. The maximum atomic E-state index is 13.3. The molecule has 5 rings (SSSR count). The van der Waals surface area contributed by atoms with Gasteiger partial charge in [0.25, 0.3) is 0 Å². The van der Waals surface area contributed by atoms with Crippen LogP contribution in [0.5, 0.6) is 0 Å². The lowest BCUT2D eigenvalue weighted by atomic mass is 9.99. The first kappa shape index (κ1) is 23.8. The highest BCUT2D eigenvalue weighted by Crippen LogP contribution is 2.36. The van der Waals surface area contributed by atoms with E-state index in [4.69, 9.17) is 11.6 Å². The van der Waals surface area contributed by atoms with Gasteiger partial charge in [0.05, 0.1) is 18.2 Å². The summed E-state index contributed by atoms with van der Waals surface area (Å²) in [6.07, 6.45) is -2.33. The maximum Gasteiger partial charge on any atom is 0.416 e. The lowest BCUT2D eigenvalue weighted by Gasteiger charge is -2.40. The molecule has 184 valence electrons. The lowest BCUT2D eigenvalue weighted by Crippen LogP contribution is -2.52. The smallest absolute Gasteiger partial charge is 0.368 e. The first-order valence-corrected chi connectivity index (χ1v) is 12.0. The van der Waals surface area contributed by atoms with Crippen LogP contribution in [0.1, 0.15) is 22.9 Å². The molecular weight excluding hydrogens is 477 g/mol. The SMILES string of the molecule is O=C(CN1CCn2cccc2C1c1ccccc1Cl)N1CCN(c2cccc(C(F)(F)F)c2)CC1. The number of benzene rings is 2. The largest absolute Gasteiger partial charge is 0.416 e. The van der Waals surface area contributed by atoms with Crippen molar-refractivity contribution in [2.45, 2.75) is 18.8 Å². The fourth-order valence-corrected chi connectivity index (χ4v) is 5.26. The number of rotatable bonds is 4. The number of hydrogen-bond donors (Lipinski definition) is 0. The van der Waals surface area contributed by atoms with Gasteiger partial charge in [-0.25, -0.2) is 0 Å². The predicted octanol–water partition coefficient (Wildman–Crippen LogP) is 4.91. The Labute approximate surface area is 207 Å². The second kappa shape index (κ2) is 9.59. The number of halogens is 4. The minimum absolute atomic E-state index is 0.0192. The van der Waals surface area contributed by atoms with Gasteiger partial charge in [-0.05, 0) is 42.0 Å². The van der Waals surface area contributed by atoms with Gasteiger partial charge < -0.3 is 14.4 Å². The molecule has 5 nitrogen and oxygen atoms in total. The number of piperazine rings is 1. The first-order chi connectivity index (χ1) is 16.8. The van der Waals surface area contributed by atoms with Crippen LogP contribution in [0.3, 0.4) is 0 Å². The zero-order valence-electron chi connectivity index (χ0n) is 19.1. The minimum atomic E-state index is -4.37. The average Bonchev–Trinajstić information content (AvgIpc) is 3.33. The quantitative estimate of drug-likeness (QED) is 0.508. The molecule has 1 amide bonds. The molecule has 1 atom stereocenters. The normalized spacial score (nSPS) is 19.0. The fraction of sp³-hybridized carbons (Fsp3) is 0.346. The monoisotopic (exact) mass is 502 g/mol. The second-order valence-corrected chi connectivity index (χ2v) is 9.34. The highest BCUT2D eigenvalue weighted by atomic mass is 35.5. The molecule has 3 aromatic rings. The Morgan fingerprint density at radius 2 is 1.69 bits per heavy atom. The van der Waals surface area contributed by atoms with Gasteiger partial charge in [-0.1, -0.05) is 35.9 Å². The first-order valence-electron chi connectivity index (χ1n) is 11.6. The van der Waals surface area contributed by atoms with Crippen molar-refractivity contribution in [3.63, 3.8) is 0 Å². The molecule has 0 N–H and O–H groups in total. The molecule has 0 saturated carbocycles. The summed E-state index contributed by atoms with van der Waals surface area (Å²) in [4.78, 5) is 19.2. The summed E-state index contributed by atoms with van der Waals surface area (Å²) >= 11 is 6.55. The summed E-state index contributed by atoms with van der Waals surface area (Å²) in [5.74, 6) is 0.0192. The van der Waals surface area contributed by atoms with Gasteiger partial charge >= 0.3 is 6.18 Å². The van der Waals surface area contributed by atoms with Crippen molar-refractivity contribution in [2.24, 2.45) is 0 Å². The molecule has 0 aliphatic carbocycles. The summed E-state index contributed by atoms with van der Waals surface area (Å²) in [6.45, 7) is 3.68. The van der Waals surface area contributed by atoms with E-state index in [-0.39, 0.29) is 18.5 Å². The van der Waals surface area contributed by atoms with Gasteiger partial charge in [0.15, 0.2) is 0 Å². The molecule has 1 aromatic heterocycles. The van der Waals surface area contributed by atoms with Crippen molar-refractivity contribution in [3.05, 3.63) is 88.7 Å². The van der Waals surface area contributed by atoms with E-state index in [0.29, 0.717) is 43.4 Å². The van der Waals surface area contributed by atoms with E-state index < -0.39 is 11.7 Å². The van der Waals surface area contributed by atoms with E-state index in [1.807, 2.05) is 41.4 Å². The van der Waals surface area contributed by atoms with E-state index in [0.717, 1.165) is 23.9 Å². The van der Waals surface area contributed by atoms with Gasteiger partial charge in [0.1, 0.15) is 0 Å². The van der Waals surface area contributed by atoms with Crippen molar-refractivity contribution in [1.82, 2.24) is 14.4 Å². The summed E-state index contributed by atoms with van der Waals surface area (Å²) in [6, 6.07) is 17.0. The van der Waals surface area contributed by atoms with Gasteiger partial charge in [-0.15, -0.1) is 0 Å². The summed E-state index contributed by atoms with van der Waals surface area (Å²) < 4.78 is 41.5. The van der Waals surface area contributed by atoms with Crippen LogP contribution in [0.15, 0.2) is 66.9 Å². The molecule has 3 heterocycles. The van der Waals surface area contributed by atoms with E-state index in [2.05, 4.69) is 15.5 Å². The molecule has 0 radical (unpaired) electrons. The average molecular weight is 503 g/mol. The van der Waals surface area contributed by atoms with E-state index in [1.54, 1.807) is 11.0 Å². The molecule has 0 spiro atoms. The number of aromatic nitrogens is 1. The van der Waals surface area contributed by atoms with Crippen LogP contribution in [0.2, 0.25) is 5.02 Å². The number of alkyl halides is 3. The van der Waals surface area contributed by atoms with E-state index in [9.17, 15) is 18.0 Å². The third-order valence-electron chi connectivity index (χ3n) is 6.85. The number of carbonyl (C=O) groups is 1. The van der Waals surface area contributed by atoms with E-state index in [1.165, 1.54) is 12.1 Å². The number of hydrogen-bond acceptors (Lipinski definition) is 3. The van der Waals surface area contributed by atoms with Gasteiger partial charge in [0, 0.05) is 61.9 Å². The molecule has 2 aliphatic heterocycles. The second-order valence-electron chi connectivity index (χ2n) is 8.94. The molecule has 35 heavy (non-hydrogen) atoms. The standard InChI is InChI=1S/C26H26ClF3N4O/c27-22-8-2-1-7-21(22)25-23-9-4-10-32(23)13-16-34(25)18-24(35)33-14-11-31(12-15-33)20-6-3-5-19(17-20)26(28,29)30/h1-10,17,25H,11-16,18H2. The van der Waals surface area contributed by atoms with E-state index >= 15 is 0 Å². The van der Waals surface area contributed by atoms with Crippen molar-refractivity contribution >= 4 is 23.2 Å². The van der Waals surface area contributed by atoms with Gasteiger partial charge in [-0.2, -0.15) is 13.2 Å². The fourth-order valence-electron chi connectivity index (χ4n) is 5.02. The van der Waals surface area contributed by atoms with Crippen LogP contribution in [0, 0.1) is 0 Å². The Morgan fingerprint density at radius 3 is 2.43 bits per heavy atom. The van der Waals surface area contributed by atoms with Crippen LogP contribution in [0.25, 0.3) is 0 Å². The Bertz CT molecular complexity index is 1200. The number of carbonyl (C=O) groups excluding carboxylic acids is 1. The number of nitrogens with zero attached hydrogens (tertiary/aromatic N) is 4. The molecule has 0 bridgehead atoms. The Kier molecular flexibility index (Phi) is 6.51. The number of fused-ring (bicyclic) bond motifs is 1. The third kappa shape index (κ3) is 4.90. The predicted molar refractivity (Wildman–Crippen MR) is 130 cm³/mol. The summed E-state index contributed by atoms with van der Waals surface area (Å²) in [7, 11) is 0. The Balaban J connectivity index is 1.27. The number of anilines is 1. The maximum absolute atomic E-state index is 13.3. The van der Waals surface area contributed by atoms with Crippen molar-refractivity contribution in [2.75, 3.05) is 44.2 Å². The highest BCUT2D eigenvalue weighted by Gasteiger charge is 2.34. The highest BCUT2D eigenvalue weighted by molar-refractivity contribution is 6.31. The Hall–Kier alpha value is -2.97. The zero-order chi connectivity index (χ0) is 24.6. The minimum Gasteiger partial charge on any atom is -0.368 e. The molecule has 2 aliphatic rings. The molecule has 2 aromatic carbocycles. The molecular formula is C26H26ClF3N4O. The molecule has 1 unspecified atom stereocenters. The lowest BCUT2D eigenvalue weighted by molar-refractivity contribution is -0.137. The van der Waals surface area contributed by atoms with Crippen LogP contribution in [-0.2, 0) is 17.5 Å². The van der Waals surface area contributed by atoms with Crippen molar-refractivity contribution < 1.29 is 18.0 Å². The van der Waals surface area contributed by atoms with Crippen molar-refractivity contribution in [1.29, 1.82) is 0 Å². The van der Waals surface area contributed by atoms with Gasteiger partial charge in [-0.3, -0.25) is 9.69 Å². The molecule has 1 saturated heterocycles. The topological polar surface area (TPSA) is 31.7 Å². The molecule has 9 heteroatoms. The summed E-state index contributed by atoms with van der Waals surface area (Å²) in [5.41, 5.74) is 1.94. The van der Waals surface area contributed by atoms with Crippen LogP contribution in [-0.4, -0.2) is 59.5 Å². The van der Waals surface area contributed by atoms with Crippen LogP contribution in [0.4, 0.5) is 18.9 Å². The summed E-state index contributed by atoms with van der Waals surface area (Å²) in [5, 5.41) is 0.666. The van der Waals surface area contributed by atoms with Gasteiger partial charge in [0.2, 0.25) is 5.91 Å². The van der Waals surface area contributed by atoms with Crippen LogP contribution >= 0.6 is 11.6 Å².